The van der Waals surface area contributed by atoms with E-state index in [1.807, 2.05) is 58.0 Å². The summed E-state index contributed by atoms with van der Waals surface area (Å²) >= 11 is 0. The van der Waals surface area contributed by atoms with Crippen LogP contribution >= 0.6 is 0 Å². The number of carbonyl (C=O) groups is 4. The molecule has 0 spiro atoms. The van der Waals surface area contributed by atoms with E-state index in [2.05, 4.69) is 16.0 Å². The van der Waals surface area contributed by atoms with Gasteiger partial charge in [-0.2, -0.15) is 0 Å². The van der Waals surface area contributed by atoms with Gasteiger partial charge >= 0.3 is 5.97 Å². The number of amides is 3. The van der Waals surface area contributed by atoms with Gasteiger partial charge in [0.1, 0.15) is 18.1 Å². The van der Waals surface area contributed by atoms with Crippen LogP contribution in [0.25, 0.3) is 0 Å². The van der Waals surface area contributed by atoms with Crippen molar-refractivity contribution in [3.8, 4) is 0 Å². The van der Waals surface area contributed by atoms with Crippen LogP contribution in [-0.4, -0.2) is 53.5 Å². The van der Waals surface area contributed by atoms with E-state index < -0.39 is 41.8 Å². The van der Waals surface area contributed by atoms with Gasteiger partial charge in [-0.25, -0.2) is 4.79 Å². The van der Waals surface area contributed by atoms with Crippen molar-refractivity contribution >= 4 is 23.7 Å². The fraction of sp³-hybridized carbons (Fsp3) is 0.565. The van der Waals surface area contributed by atoms with Crippen molar-refractivity contribution in [1.82, 2.24) is 16.0 Å². The lowest BCUT2D eigenvalue weighted by Gasteiger charge is -2.25. The molecule has 0 aliphatic heterocycles. The molecule has 9 heteroatoms. The molecule has 0 radical (unpaired) electrons. The van der Waals surface area contributed by atoms with Gasteiger partial charge in [0, 0.05) is 6.42 Å². The quantitative estimate of drug-likeness (QED) is 0.301. The SMILES string of the molecule is CC(C)CC(NC(=O)C(Cc1ccccc1)NC(=O)C(CC(C)C)NC(=O)CN)C(=O)O. The van der Waals surface area contributed by atoms with Gasteiger partial charge in [-0.3, -0.25) is 14.4 Å². The van der Waals surface area contributed by atoms with Crippen LogP contribution in [0.2, 0.25) is 0 Å². The van der Waals surface area contributed by atoms with E-state index >= 15 is 0 Å². The molecule has 0 fully saturated rings. The molecule has 0 aromatic heterocycles. The van der Waals surface area contributed by atoms with Crippen molar-refractivity contribution in [2.24, 2.45) is 17.6 Å². The van der Waals surface area contributed by atoms with Crippen molar-refractivity contribution in [1.29, 1.82) is 0 Å². The van der Waals surface area contributed by atoms with E-state index in [4.69, 9.17) is 5.73 Å². The molecule has 6 N–H and O–H groups in total. The average Bonchev–Trinajstić information content (AvgIpc) is 2.72. The number of hydrogen-bond donors (Lipinski definition) is 5. The first-order chi connectivity index (χ1) is 15.0. The molecule has 0 aliphatic rings. The molecule has 3 unspecified atom stereocenters. The molecule has 0 saturated carbocycles. The number of benzene rings is 1. The monoisotopic (exact) mass is 448 g/mol. The number of aliphatic carboxylic acids is 1. The number of carbonyl (C=O) groups excluding carboxylic acids is 3. The summed E-state index contributed by atoms with van der Waals surface area (Å²) < 4.78 is 0. The van der Waals surface area contributed by atoms with Crippen LogP contribution in [0, 0.1) is 11.8 Å². The second kappa shape index (κ2) is 13.5. The zero-order chi connectivity index (χ0) is 24.3. The number of hydrogen-bond acceptors (Lipinski definition) is 5. The van der Waals surface area contributed by atoms with Crippen LogP contribution in [-0.2, 0) is 25.6 Å². The largest absolute Gasteiger partial charge is 0.480 e. The number of carboxylic acids is 1. The predicted octanol–water partition coefficient (Wildman–Crippen LogP) is 0.819. The number of nitrogens with one attached hydrogen (secondary N) is 3. The molecule has 0 bridgehead atoms. The van der Waals surface area contributed by atoms with E-state index in [-0.39, 0.29) is 31.2 Å². The van der Waals surface area contributed by atoms with E-state index in [1.54, 1.807) is 0 Å². The second-order valence-electron chi connectivity index (χ2n) is 8.73. The second-order valence-corrected chi connectivity index (χ2v) is 8.73. The molecule has 1 rings (SSSR count). The topological polar surface area (TPSA) is 151 Å². The zero-order valence-electron chi connectivity index (χ0n) is 19.3. The van der Waals surface area contributed by atoms with E-state index in [1.165, 1.54) is 0 Å². The Morgan fingerprint density at radius 1 is 0.812 bits per heavy atom. The first-order valence-electron chi connectivity index (χ1n) is 10.9. The van der Waals surface area contributed by atoms with Gasteiger partial charge < -0.3 is 26.8 Å². The maximum atomic E-state index is 13.0. The Kier molecular flexibility index (Phi) is 11.4. The summed E-state index contributed by atoms with van der Waals surface area (Å²) in [7, 11) is 0. The van der Waals surface area contributed by atoms with Crippen LogP contribution in [0.3, 0.4) is 0 Å². The van der Waals surface area contributed by atoms with Gasteiger partial charge in [0.15, 0.2) is 0 Å². The average molecular weight is 449 g/mol. The molecule has 178 valence electrons. The number of nitrogens with two attached hydrogens (primary N) is 1. The third-order valence-corrected chi connectivity index (χ3v) is 4.78. The molecular weight excluding hydrogens is 412 g/mol. The number of rotatable bonds is 13. The Labute approximate surface area is 189 Å². The van der Waals surface area contributed by atoms with E-state index in [0.29, 0.717) is 6.42 Å². The molecule has 0 aliphatic carbocycles. The molecule has 3 amide bonds. The predicted molar refractivity (Wildman–Crippen MR) is 122 cm³/mol. The minimum atomic E-state index is -1.13. The summed E-state index contributed by atoms with van der Waals surface area (Å²) in [5.74, 6) is -2.56. The molecule has 1 aromatic carbocycles. The van der Waals surface area contributed by atoms with Gasteiger partial charge in [-0.1, -0.05) is 58.0 Å². The summed E-state index contributed by atoms with van der Waals surface area (Å²) in [4.78, 5) is 49.4. The maximum Gasteiger partial charge on any atom is 0.326 e. The van der Waals surface area contributed by atoms with Crippen molar-refractivity contribution in [3.63, 3.8) is 0 Å². The van der Waals surface area contributed by atoms with Gasteiger partial charge in [0.05, 0.1) is 6.54 Å². The molecular formula is C23H36N4O5. The van der Waals surface area contributed by atoms with Crippen molar-refractivity contribution in [2.45, 2.75) is 65.1 Å². The maximum absolute atomic E-state index is 13.0. The van der Waals surface area contributed by atoms with Crippen molar-refractivity contribution in [2.75, 3.05) is 6.54 Å². The Balaban J connectivity index is 3.08. The van der Waals surface area contributed by atoms with Gasteiger partial charge in [-0.15, -0.1) is 0 Å². The lowest BCUT2D eigenvalue weighted by atomic mass is 10.00. The Morgan fingerprint density at radius 2 is 1.31 bits per heavy atom. The van der Waals surface area contributed by atoms with Crippen LogP contribution in [0.5, 0.6) is 0 Å². The molecule has 0 heterocycles. The molecule has 9 nitrogen and oxygen atoms in total. The van der Waals surface area contributed by atoms with Crippen molar-refractivity contribution < 1.29 is 24.3 Å². The minimum Gasteiger partial charge on any atom is -0.480 e. The molecule has 32 heavy (non-hydrogen) atoms. The van der Waals surface area contributed by atoms with Crippen LogP contribution in [0.4, 0.5) is 0 Å². The molecule has 3 atom stereocenters. The fourth-order valence-corrected chi connectivity index (χ4v) is 3.25. The fourth-order valence-electron chi connectivity index (χ4n) is 3.25. The molecule has 0 saturated heterocycles. The third-order valence-electron chi connectivity index (χ3n) is 4.78. The van der Waals surface area contributed by atoms with E-state index in [0.717, 1.165) is 5.56 Å². The highest BCUT2D eigenvalue weighted by Gasteiger charge is 2.30. The highest BCUT2D eigenvalue weighted by atomic mass is 16.4. The first kappa shape index (κ1) is 27.1. The summed E-state index contributed by atoms with van der Waals surface area (Å²) in [6.07, 6.45) is 0.795. The lowest BCUT2D eigenvalue weighted by molar-refractivity contribution is -0.142. The lowest BCUT2D eigenvalue weighted by Crippen LogP contribution is -2.57. The standard InChI is InChI=1S/C23H36N4O5/c1-14(2)10-17(25-20(28)13-24)21(29)26-18(12-16-8-6-5-7-9-16)22(30)27-19(23(31)32)11-15(3)4/h5-9,14-15,17-19H,10-13,24H2,1-4H3,(H,25,28)(H,26,29)(H,27,30)(H,31,32). The highest BCUT2D eigenvalue weighted by molar-refractivity contribution is 5.93. The van der Waals surface area contributed by atoms with Gasteiger partial charge in [-0.05, 0) is 30.2 Å². The Morgan fingerprint density at radius 3 is 1.81 bits per heavy atom. The summed E-state index contributed by atoms with van der Waals surface area (Å²) in [5, 5.41) is 17.3. The highest BCUT2D eigenvalue weighted by Crippen LogP contribution is 2.10. The van der Waals surface area contributed by atoms with Crippen LogP contribution in [0.1, 0.15) is 46.1 Å². The van der Waals surface area contributed by atoms with E-state index in [9.17, 15) is 24.3 Å². The Bertz CT molecular complexity index is 767. The van der Waals surface area contributed by atoms with Gasteiger partial charge in [0.25, 0.3) is 0 Å². The molecule has 1 aromatic rings. The first-order valence-corrected chi connectivity index (χ1v) is 10.9. The normalized spacial score (nSPS) is 13.8. The number of carboxylic acid groups (broad SMARTS) is 1. The van der Waals surface area contributed by atoms with Gasteiger partial charge in [0.2, 0.25) is 17.7 Å². The summed E-state index contributed by atoms with van der Waals surface area (Å²) in [5.41, 5.74) is 6.16. The van der Waals surface area contributed by atoms with Crippen molar-refractivity contribution in [3.05, 3.63) is 35.9 Å². The zero-order valence-corrected chi connectivity index (χ0v) is 19.3. The van der Waals surface area contributed by atoms with Crippen LogP contribution < -0.4 is 21.7 Å². The smallest absolute Gasteiger partial charge is 0.326 e. The minimum absolute atomic E-state index is 0.0560. The summed E-state index contributed by atoms with van der Waals surface area (Å²) in [6, 6.07) is 6.16. The summed E-state index contributed by atoms with van der Waals surface area (Å²) in [6.45, 7) is 7.29. The Hall–Kier alpha value is -2.94. The third kappa shape index (κ3) is 9.91. The van der Waals surface area contributed by atoms with Crippen LogP contribution in [0.15, 0.2) is 30.3 Å².